The molecule has 1 fully saturated rings. The van der Waals surface area contributed by atoms with Crippen molar-refractivity contribution in [2.24, 2.45) is 0 Å². The van der Waals surface area contributed by atoms with E-state index in [0.717, 1.165) is 0 Å². The monoisotopic (exact) mass is 574 g/mol. The fourth-order valence-corrected chi connectivity index (χ4v) is 29.9. The Morgan fingerprint density at radius 2 is 0.488 bits per heavy atom. The Hall–Kier alpha value is -2.69. The molecule has 0 unspecified atom stereocenters. The normalized spacial score (nSPS) is 15.9. The molecule has 1 aliphatic rings. The van der Waals surface area contributed by atoms with E-state index in [2.05, 4.69) is 132 Å². The predicted molar refractivity (Wildman–Crippen MR) is 187 cm³/mol. The van der Waals surface area contributed by atoms with Crippen LogP contribution in [0.15, 0.2) is 48.5 Å². The average Bonchev–Trinajstić information content (AvgIpc) is 3.16. The van der Waals surface area contributed by atoms with Gasteiger partial charge in [-0.1, -0.05) is 127 Å². The van der Waals surface area contributed by atoms with Crippen molar-refractivity contribution in [1.82, 2.24) is 0 Å². The highest BCUT2D eigenvalue weighted by atomic mass is 28.4. The highest BCUT2D eigenvalue weighted by Gasteiger charge is 2.57. The zero-order valence-electron chi connectivity index (χ0n) is 27.7. The van der Waals surface area contributed by atoms with Gasteiger partial charge in [0.25, 0.3) is 0 Å². The minimum absolute atomic E-state index is 1.34. The van der Waals surface area contributed by atoms with Gasteiger partial charge in [0.2, 0.25) is 0 Å². The van der Waals surface area contributed by atoms with Crippen molar-refractivity contribution >= 4 is 36.9 Å². The Bertz CT molecular complexity index is 1350. The summed E-state index contributed by atoms with van der Waals surface area (Å²) in [6, 6.07) is 22.5. The van der Waals surface area contributed by atoms with E-state index in [9.17, 15) is 0 Å². The molecule has 0 radical (unpaired) electrons. The van der Waals surface area contributed by atoms with Gasteiger partial charge in [0.05, 0.1) is 0 Å². The van der Waals surface area contributed by atoms with Gasteiger partial charge in [0.1, 0.15) is 16.1 Å². The van der Waals surface area contributed by atoms with E-state index < -0.39 is 16.1 Å². The maximum absolute atomic E-state index is 2.47. The number of benzene rings is 4. The predicted octanol–water partition coefficient (Wildman–Crippen LogP) is 7.77. The van der Waals surface area contributed by atoms with Gasteiger partial charge in [-0.25, -0.2) is 0 Å². The van der Waals surface area contributed by atoms with Crippen LogP contribution in [0.4, 0.5) is 0 Å². The molecule has 1 aliphatic heterocycles. The van der Waals surface area contributed by atoms with E-state index >= 15 is 0 Å². The molecule has 5 rings (SSSR count). The Morgan fingerprint density at radius 1 is 0.317 bits per heavy atom. The van der Waals surface area contributed by atoms with E-state index in [4.69, 9.17) is 0 Å². The molecule has 0 N–H and O–H groups in total. The summed E-state index contributed by atoms with van der Waals surface area (Å²) < 4.78 is 0. The largest absolute Gasteiger partial charge is 0.117 e. The lowest BCUT2D eigenvalue weighted by molar-refractivity contribution is 1.29. The highest BCUT2D eigenvalue weighted by molar-refractivity contribution is 7.21. The summed E-state index contributed by atoms with van der Waals surface area (Å²) >= 11 is 0. The summed E-state index contributed by atoms with van der Waals surface area (Å²) in [4.78, 5) is 0. The van der Waals surface area contributed by atoms with Crippen molar-refractivity contribution in [2.45, 2.75) is 101 Å². The molecule has 0 bridgehead atoms. The molecular weight excluding hydrogens is 525 g/mol. The molecule has 2 heteroatoms. The molecule has 0 spiro atoms. The summed E-state index contributed by atoms with van der Waals surface area (Å²) in [7, 11) is -4.33. The third kappa shape index (κ3) is 4.81. The molecule has 1 heterocycles. The van der Waals surface area contributed by atoms with E-state index in [-0.39, 0.29) is 0 Å². The Morgan fingerprint density at radius 3 is 0.659 bits per heavy atom. The lowest BCUT2D eigenvalue weighted by Crippen LogP contribution is -2.66. The molecule has 41 heavy (non-hydrogen) atoms. The minimum atomic E-state index is -2.17. The van der Waals surface area contributed by atoms with E-state index in [1.165, 1.54) is 84.5 Å². The Labute approximate surface area is 252 Å². The summed E-state index contributed by atoms with van der Waals surface area (Å²) in [5, 5.41) is 6.93. The minimum Gasteiger partial charge on any atom is -0.0565 e. The topological polar surface area (TPSA) is 0 Å². The first-order chi connectivity index (χ1) is 19.2. The van der Waals surface area contributed by atoms with Crippen molar-refractivity contribution < 1.29 is 0 Å². The first-order valence-corrected chi connectivity index (χ1v) is 20.4. The molecule has 4 aromatic rings. The van der Waals surface area contributed by atoms with E-state index in [1.807, 2.05) is 0 Å². The number of rotatable bonds is 4. The SMILES string of the molecule is Cc1cc(C)c([Si]2(c3c(C)cc(C)cc3C)CC[Si](c3c(C)cc(C)cc3C)(c3c(C)cc(C)cc3C)C2)c(C)c1. The summed E-state index contributed by atoms with van der Waals surface area (Å²) in [6.45, 7) is 28.4. The molecule has 0 amide bonds. The molecule has 4 aromatic carbocycles. The fraction of sp³-hybridized carbons (Fsp3) is 0.385. The lowest BCUT2D eigenvalue weighted by atomic mass is 10.1. The molecule has 0 aliphatic carbocycles. The lowest BCUT2D eigenvalue weighted by Gasteiger charge is -2.39. The summed E-state index contributed by atoms with van der Waals surface area (Å²) in [5.41, 5.74) is 19.1. The number of aryl methyl sites for hydroxylation is 12. The summed E-state index contributed by atoms with van der Waals surface area (Å²) in [6.07, 6.45) is 0. The van der Waals surface area contributed by atoms with Crippen molar-refractivity contribution in [2.75, 3.05) is 0 Å². The zero-order valence-corrected chi connectivity index (χ0v) is 29.7. The first-order valence-electron chi connectivity index (χ1n) is 15.5. The van der Waals surface area contributed by atoms with Crippen molar-refractivity contribution in [1.29, 1.82) is 0 Å². The van der Waals surface area contributed by atoms with Gasteiger partial charge < -0.3 is 0 Å². The average molecular weight is 575 g/mol. The van der Waals surface area contributed by atoms with Gasteiger partial charge in [-0.15, -0.1) is 0 Å². The molecule has 214 valence electrons. The van der Waals surface area contributed by atoms with Crippen LogP contribution in [0.25, 0.3) is 0 Å². The van der Waals surface area contributed by atoms with Crippen molar-refractivity contribution in [3.8, 4) is 0 Å². The third-order valence-corrected chi connectivity index (χ3v) is 24.7. The van der Waals surface area contributed by atoms with Gasteiger partial charge in [-0.2, -0.15) is 0 Å². The highest BCUT2D eigenvalue weighted by Crippen LogP contribution is 2.42. The van der Waals surface area contributed by atoms with Gasteiger partial charge in [0.15, 0.2) is 0 Å². The van der Waals surface area contributed by atoms with Crippen LogP contribution in [-0.2, 0) is 0 Å². The molecule has 0 atom stereocenters. The van der Waals surface area contributed by atoms with Crippen LogP contribution < -0.4 is 20.7 Å². The summed E-state index contributed by atoms with van der Waals surface area (Å²) in [5.74, 6) is 0. The first kappa shape index (κ1) is 29.8. The van der Waals surface area contributed by atoms with Crippen LogP contribution in [0.5, 0.6) is 0 Å². The van der Waals surface area contributed by atoms with Crippen LogP contribution in [0.3, 0.4) is 0 Å². The number of hydrogen-bond donors (Lipinski definition) is 0. The molecule has 1 saturated heterocycles. The quantitative estimate of drug-likeness (QED) is 0.219. The van der Waals surface area contributed by atoms with Gasteiger partial charge in [-0.05, 0) is 109 Å². The van der Waals surface area contributed by atoms with E-state index in [1.54, 1.807) is 20.7 Å². The van der Waals surface area contributed by atoms with Gasteiger partial charge in [0, 0.05) is 0 Å². The second-order valence-electron chi connectivity index (χ2n) is 13.9. The third-order valence-electron chi connectivity index (χ3n) is 10.2. The molecular formula is C39H50Si2. The second-order valence-corrected chi connectivity index (χ2v) is 22.7. The smallest absolute Gasteiger partial charge is 0.0565 e. The van der Waals surface area contributed by atoms with Gasteiger partial charge in [-0.3, -0.25) is 0 Å². The van der Waals surface area contributed by atoms with Crippen LogP contribution in [-0.4, -0.2) is 16.1 Å². The maximum atomic E-state index is 2.47. The van der Waals surface area contributed by atoms with Crippen LogP contribution in [0, 0.1) is 83.1 Å². The molecule has 0 nitrogen and oxygen atoms in total. The van der Waals surface area contributed by atoms with Gasteiger partial charge >= 0.3 is 0 Å². The molecule has 0 aromatic heterocycles. The van der Waals surface area contributed by atoms with Crippen LogP contribution in [0.1, 0.15) is 66.8 Å². The zero-order chi connectivity index (χ0) is 30.0. The van der Waals surface area contributed by atoms with Crippen molar-refractivity contribution in [3.05, 3.63) is 115 Å². The second kappa shape index (κ2) is 10.5. The van der Waals surface area contributed by atoms with E-state index in [0.29, 0.717) is 0 Å². The standard InChI is InChI=1S/C39H50Si2/c1-24-15-28(5)36(29(6)16-24)40(37-30(7)17-25(2)18-31(37)8)13-14-41(23-40,38-32(9)19-26(3)20-33(38)10)39-34(11)21-27(4)22-35(39)12/h15-22H,13-14,23H2,1-12H3. The van der Waals surface area contributed by atoms with Crippen LogP contribution in [0.2, 0.25) is 17.8 Å². The van der Waals surface area contributed by atoms with Crippen LogP contribution >= 0.6 is 0 Å². The Kier molecular flexibility index (Phi) is 7.66. The number of hydrogen-bond acceptors (Lipinski definition) is 0. The Balaban J connectivity index is 1.94. The maximum Gasteiger partial charge on any atom is 0.117 e. The molecule has 0 saturated carbocycles. The fourth-order valence-electron chi connectivity index (χ4n) is 9.96. The van der Waals surface area contributed by atoms with Crippen molar-refractivity contribution in [3.63, 3.8) is 0 Å².